The molecule has 0 fully saturated rings. The van der Waals surface area contributed by atoms with Gasteiger partial charge in [0.2, 0.25) is 0 Å². The number of nitrogens with one attached hydrogen (secondary N) is 2. The molecule has 124 valence electrons. The SMILES string of the molecule is CC(C)Oc1ccc(CNNc2ccccc2)cc1CN(C)C. The van der Waals surface area contributed by atoms with E-state index in [0.717, 1.165) is 24.5 Å². The van der Waals surface area contributed by atoms with Gasteiger partial charge >= 0.3 is 0 Å². The van der Waals surface area contributed by atoms with Crippen LogP contribution >= 0.6 is 0 Å². The van der Waals surface area contributed by atoms with Gasteiger partial charge in [0.15, 0.2) is 0 Å². The summed E-state index contributed by atoms with van der Waals surface area (Å²) in [5, 5.41) is 0. The van der Waals surface area contributed by atoms with E-state index >= 15 is 0 Å². The van der Waals surface area contributed by atoms with Crippen LogP contribution in [0.1, 0.15) is 25.0 Å². The first-order valence-electron chi connectivity index (χ1n) is 8.01. The maximum Gasteiger partial charge on any atom is 0.124 e. The van der Waals surface area contributed by atoms with Crippen molar-refractivity contribution in [3.05, 3.63) is 59.7 Å². The van der Waals surface area contributed by atoms with Crippen molar-refractivity contribution in [3.63, 3.8) is 0 Å². The van der Waals surface area contributed by atoms with E-state index in [1.807, 2.05) is 30.3 Å². The second-order valence-corrected chi connectivity index (χ2v) is 6.19. The van der Waals surface area contributed by atoms with Gasteiger partial charge in [-0.3, -0.25) is 0 Å². The molecule has 0 bridgehead atoms. The molecular weight excluding hydrogens is 286 g/mol. The molecule has 0 aliphatic heterocycles. The van der Waals surface area contributed by atoms with Crippen LogP contribution in [0.2, 0.25) is 0 Å². The Morgan fingerprint density at radius 2 is 1.78 bits per heavy atom. The summed E-state index contributed by atoms with van der Waals surface area (Å²) in [5.74, 6) is 0.966. The van der Waals surface area contributed by atoms with Gasteiger partial charge in [-0.2, -0.15) is 0 Å². The summed E-state index contributed by atoms with van der Waals surface area (Å²) in [6.45, 7) is 5.72. The highest BCUT2D eigenvalue weighted by molar-refractivity contribution is 5.42. The van der Waals surface area contributed by atoms with Crippen LogP contribution in [0.5, 0.6) is 5.75 Å². The summed E-state index contributed by atoms with van der Waals surface area (Å²) in [6, 6.07) is 16.5. The predicted molar refractivity (Wildman–Crippen MR) is 96.5 cm³/mol. The number of benzene rings is 2. The third-order valence-electron chi connectivity index (χ3n) is 3.27. The minimum atomic E-state index is 0.180. The lowest BCUT2D eigenvalue weighted by Crippen LogP contribution is -2.21. The predicted octanol–water partition coefficient (Wildman–Crippen LogP) is 3.65. The van der Waals surface area contributed by atoms with Gasteiger partial charge in [-0.15, -0.1) is 0 Å². The van der Waals surface area contributed by atoms with Crippen molar-refractivity contribution < 1.29 is 4.74 Å². The number of hydrogen-bond donors (Lipinski definition) is 2. The largest absolute Gasteiger partial charge is 0.491 e. The smallest absolute Gasteiger partial charge is 0.124 e. The van der Waals surface area contributed by atoms with Gasteiger partial charge in [0.1, 0.15) is 5.75 Å². The Kier molecular flexibility index (Phi) is 6.44. The zero-order chi connectivity index (χ0) is 16.7. The van der Waals surface area contributed by atoms with Gasteiger partial charge < -0.3 is 15.1 Å². The Balaban J connectivity index is 2.01. The summed E-state index contributed by atoms with van der Waals surface area (Å²) in [6.07, 6.45) is 0.180. The van der Waals surface area contributed by atoms with Crippen LogP contribution in [0.4, 0.5) is 5.69 Å². The van der Waals surface area contributed by atoms with Crippen molar-refractivity contribution in [2.45, 2.75) is 33.0 Å². The molecule has 23 heavy (non-hydrogen) atoms. The topological polar surface area (TPSA) is 36.5 Å². The molecule has 2 aromatic carbocycles. The van der Waals surface area contributed by atoms with Crippen molar-refractivity contribution in [3.8, 4) is 5.75 Å². The molecule has 0 unspecified atom stereocenters. The van der Waals surface area contributed by atoms with E-state index in [2.05, 4.69) is 61.9 Å². The molecule has 0 heterocycles. The number of nitrogens with zero attached hydrogens (tertiary/aromatic N) is 1. The van der Waals surface area contributed by atoms with Crippen molar-refractivity contribution in [2.24, 2.45) is 0 Å². The quantitative estimate of drug-likeness (QED) is 0.729. The summed E-state index contributed by atoms with van der Waals surface area (Å²) < 4.78 is 5.91. The summed E-state index contributed by atoms with van der Waals surface area (Å²) in [7, 11) is 4.14. The molecule has 0 spiro atoms. The van der Waals surface area contributed by atoms with Crippen molar-refractivity contribution in [2.75, 3.05) is 19.5 Å². The van der Waals surface area contributed by atoms with Gasteiger partial charge in [-0.05, 0) is 57.8 Å². The van der Waals surface area contributed by atoms with E-state index in [9.17, 15) is 0 Å². The van der Waals surface area contributed by atoms with Gasteiger partial charge in [0.05, 0.1) is 6.10 Å². The zero-order valence-electron chi connectivity index (χ0n) is 14.5. The van der Waals surface area contributed by atoms with Crippen molar-refractivity contribution >= 4 is 5.69 Å². The highest BCUT2D eigenvalue weighted by atomic mass is 16.5. The molecule has 0 aromatic heterocycles. The number of rotatable bonds is 8. The Morgan fingerprint density at radius 1 is 1.04 bits per heavy atom. The average molecular weight is 313 g/mol. The second-order valence-electron chi connectivity index (χ2n) is 6.19. The zero-order valence-corrected chi connectivity index (χ0v) is 14.5. The fourth-order valence-corrected chi connectivity index (χ4v) is 2.35. The standard InChI is InChI=1S/C19H27N3O/c1-15(2)23-19-11-10-16(12-17(19)14-22(3)4)13-20-21-18-8-6-5-7-9-18/h5-12,15,20-21H,13-14H2,1-4H3. The Bertz CT molecular complexity index is 597. The lowest BCUT2D eigenvalue weighted by molar-refractivity contribution is 0.236. The van der Waals surface area contributed by atoms with Crippen LogP contribution in [0, 0.1) is 0 Å². The van der Waals surface area contributed by atoms with E-state index in [1.54, 1.807) is 0 Å². The van der Waals surface area contributed by atoms with E-state index in [0.29, 0.717) is 0 Å². The first kappa shape index (κ1) is 17.3. The monoisotopic (exact) mass is 313 g/mol. The molecule has 4 nitrogen and oxygen atoms in total. The molecule has 0 saturated heterocycles. The van der Waals surface area contributed by atoms with Gasteiger partial charge in [0, 0.05) is 24.3 Å². The molecule has 4 heteroatoms. The van der Waals surface area contributed by atoms with Gasteiger partial charge in [0.25, 0.3) is 0 Å². The Hall–Kier alpha value is -2.04. The second kappa shape index (κ2) is 8.56. The first-order valence-corrected chi connectivity index (χ1v) is 8.01. The van der Waals surface area contributed by atoms with Crippen LogP contribution < -0.4 is 15.6 Å². The van der Waals surface area contributed by atoms with E-state index in [4.69, 9.17) is 4.74 Å². The molecule has 0 radical (unpaired) electrons. The summed E-state index contributed by atoms with van der Waals surface area (Å²) in [5.41, 5.74) is 9.95. The number of hydrazine groups is 1. The minimum Gasteiger partial charge on any atom is -0.491 e. The number of para-hydroxylation sites is 1. The van der Waals surface area contributed by atoms with Crippen LogP contribution in [0.25, 0.3) is 0 Å². The number of anilines is 1. The minimum absolute atomic E-state index is 0.180. The van der Waals surface area contributed by atoms with Crippen LogP contribution in [-0.4, -0.2) is 25.1 Å². The maximum absolute atomic E-state index is 5.91. The van der Waals surface area contributed by atoms with Crippen molar-refractivity contribution in [1.82, 2.24) is 10.3 Å². The third-order valence-corrected chi connectivity index (χ3v) is 3.27. The Labute approximate surface area is 139 Å². The molecule has 2 rings (SSSR count). The van der Waals surface area contributed by atoms with E-state index in [-0.39, 0.29) is 6.10 Å². The fourth-order valence-electron chi connectivity index (χ4n) is 2.35. The lowest BCUT2D eigenvalue weighted by Gasteiger charge is -2.18. The molecule has 0 atom stereocenters. The van der Waals surface area contributed by atoms with Crippen LogP contribution in [0.15, 0.2) is 48.5 Å². The van der Waals surface area contributed by atoms with Crippen LogP contribution in [-0.2, 0) is 13.1 Å². The summed E-state index contributed by atoms with van der Waals surface area (Å²) in [4.78, 5) is 2.15. The molecular formula is C19H27N3O. The summed E-state index contributed by atoms with van der Waals surface area (Å²) >= 11 is 0. The molecule has 0 saturated carbocycles. The Morgan fingerprint density at radius 3 is 2.43 bits per heavy atom. The van der Waals surface area contributed by atoms with E-state index < -0.39 is 0 Å². The normalized spacial score (nSPS) is 11.0. The highest BCUT2D eigenvalue weighted by Crippen LogP contribution is 2.22. The van der Waals surface area contributed by atoms with Crippen molar-refractivity contribution in [1.29, 1.82) is 0 Å². The lowest BCUT2D eigenvalue weighted by atomic mass is 10.1. The molecule has 2 aromatic rings. The molecule has 2 N–H and O–H groups in total. The molecule has 0 amide bonds. The van der Waals surface area contributed by atoms with Gasteiger partial charge in [-0.1, -0.05) is 24.3 Å². The molecule has 0 aliphatic carbocycles. The van der Waals surface area contributed by atoms with Gasteiger partial charge in [-0.25, -0.2) is 5.43 Å². The fraction of sp³-hybridized carbons (Fsp3) is 0.368. The van der Waals surface area contributed by atoms with Crippen LogP contribution in [0.3, 0.4) is 0 Å². The average Bonchev–Trinajstić information content (AvgIpc) is 2.50. The molecule has 0 aliphatic rings. The first-order chi connectivity index (χ1) is 11.0. The highest BCUT2D eigenvalue weighted by Gasteiger charge is 2.08. The number of hydrogen-bond acceptors (Lipinski definition) is 4. The maximum atomic E-state index is 5.91. The van der Waals surface area contributed by atoms with E-state index in [1.165, 1.54) is 11.1 Å². The number of ether oxygens (including phenoxy) is 1. The third kappa shape index (κ3) is 5.93.